The SMILES string of the molecule is CN(CC(=O)O)C(=O)c1cccc2c1CNCC2. The first kappa shape index (κ1) is 12.6. The van der Waals surface area contributed by atoms with Crippen molar-refractivity contribution in [1.29, 1.82) is 0 Å². The molecule has 0 aromatic heterocycles. The number of nitrogens with one attached hydrogen (secondary N) is 1. The molecule has 0 atom stereocenters. The molecule has 1 aliphatic heterocycles. The third-order valence-electron chi connectivity index (χ3n) is 3.10. The number of hydrogen-bond acceptors (Lipinski definition) is 3. The summed E-state index contributed by atoms with van der Waals surface area (Å²) in [6, 6.07) is 5.63. The fourth-order valence-electron chi connectivity index (χ4n) is 2.19. The molecule has 96 valence electrons. The number of fused-ring (bicyclic) bond motifs is 1. The molecule has 0 saturated heterocycles. The Kier molecular flexibility index (Phi) is 3.62. The van der Waals surface area contributed by atoms with Gasteiger partial charge >= 0.3 is 5.97 Å². The molecule has 0 bridgehead atoms. The van der Waals surface area contributed by atoms with E-state index in [0.717, 1.165) is 18.5 Å². The first-order valence-corrected chi connectivity index (χ1v) is 5.88. The molecule has 18 heavy (non-hydrogen) atoms. The van der Waals surface area contributed by atoms with Gasteiger partial charge in [0.15, 0.2) is 0 Å². The summed E-state index contributed by atoms with van der Waals surface area (Å²) in [5.74, 6) is -1.24. The highest BCUT2D eigenvalue weighted by Gasteiger charge is 2.20. The van der Waals surface area contributed by atoms with E-state index in [1.165, 1.54) is 17.5 Å². The minimum absolute atomic E-state index is 0.238. The molecular weight excluding hydrogens is 232 g/mol. The Morgan fingerprint density at radius 2 is 2.22 bits per heavy atom. The molecule has 5 heteroatoms. The average Bonchev–Trinajstić information content (AvgIpc) is 2.36. The molecule has 1 amide bonds. The summed E-state index contributed by atoms with van der Waals surface area (Å²) in [4.78, 5) is 24.0. The van der Waals surface area contributed by atoms with E-state index in [9.17, 15) is 9.59 Å². The molecule has 2 N–H and O–H groups in total. The van der Waals surface area contributed by atoms with Gasteiger partial charge in [-0.05, 0) is 30.2 Å². The molecule has 0 radical (unpaired) electrons. The van der Waals surface area contributed by atoms with Gasteiger partial charge in [0.25, 0.3) is 5.91 Å². The lowest BCUT2D eigenvalue weighted by atomic mass is 9.95. The van der Waals surface area contributed by atoms with Crippen molar-refractivity contribution >= 4 is 11.9 Å². The summed E-state index contributed by atoms with van der Waals surface area (Å²) >= 11 is 0. The van der Waals surface area contributed by atoms with Crippen LogP contribution < -0.4 is 5.32 Å². The van der Waals surface area contributed by atoms with E-state index in [4.69, 9.17) is 5.11 Å². The van der Waals surface area contributed by atoms with E-state index in [1.807, 2.05) is 12.1 Å². The number of carboxylic acid groups (broad SMARTS) is 1. The lowest BCUT2D eigenvalue weighted by Gasteiger charge is -2.22. The van der Waals surface area contributed by atoms with Crippen LogP contribution in [0.25, 0.3) is 0 Å². The quantitative estimate of drug-likeness (QED) is 0.816. The number of hydrogen-bond donors (Lipinski definition) is 2. The van der Waals surface area contributed by atoms with Crippen LogP contribution in [0.2, 0.25) is 0 Å². The number of amides is 1. The predicted molar refractivity (Wildman–Crippen MR) is 66.4 cm³/mol. The van der Waals surface area contributed by atoms with Crippen molar-refractivity contribution in [3.63, 3.8) is 0 Å². The molecule has 1 aromatic rings. The average molecular weight is 248 g/mol. The molecule has 2 rings (SSSR count). The van der Waals surface area contributed by atoms with Crippen LogP contribution in [0.5, 0.6) is 0 Å². The lowest BCUT2D eigenvalue weighted by molar-refractivity contribution is -0.137. The third-order valence-corrected chi connectivity index (χ3v) is 3.10. The molecule has 1 aromatic carbocycles. The Labute approximate surface area is 105 Å². The van der Waals surface area contributed by atoms with Crippen molar-refractivity contribution in [1.82, 2.24) is 10.2 Å². The van der Waals surface area contributed by atoms with Crippen molar-refractivity contribution in [2.45, 2.75) is 13.0 Å². The highest BCUT2D eigenvalue weighted by atomic mass is 16.4. The van der Waals surface area contributed by atoms with E-state index in [0.29, 0.717) is 12.1 Å². The van der Waals surface area contributed by atoms with Crippen molar-refractivity contribution in [2.75, 3.05) is 20.1 Å². The number of nitrogens with zero attached hydrogens (tertiary/aromatic N) is 1. The Hall–Kier alpha value is -1.88. The second-order valence-corrected chi connectivity index (χ2v) is 4.42. The summed E-state index contributed by atoms with van der Waals surface area (Å²) in [5, 5.41) is 11.9. The van der Waals surface area contributed by atoms with Gasteiger partial charge in [0.2, 0.25) is 0 Å². The first-order valence-electron chi connectivity index (χ1n) is 5.88. The van der Waals surface area contributed by atoms with Crippen LogP contribution in [-0.2, 0) is 17.8 Å². The van der Waals surface area contributed by atoms with Crippen LogP contribution in [-0.4, -0.2) is 42.0 Å². The summed E-state index contributed by atoms with van der Waals surface area (Å²) in [6.45, 7) is 1.30. The Morgan fingerprint density at radius 1 is 1.44 bits per heavy atom. The number of benzene rings is 1. The molecule has 5 nitrogen and oxygen atoms in total. The molecule has 0 saturated carbocycles. The van der Waals surface area contributed by atoms with Gasteiger partial charge in [-0.15, -0.1) is 0 Å². The van der Waals surface area contributed by atoms with E-state index in [2.05, 4.69) is 5.32 Å². The van der Waals surface area contributed by atoms with Crippen LogP contribution in [0.3, 0.4) is 0 Å². The molecule has 1 aliphatic rings. The highest BCUT2D eigenvalue weighted by molar-refractivity contribution is 5.97. The number of carbonyl (C=O) groups is 2. The van der Waals surface area contributed by atoms with Crippen LogP contribution in [0.4, 0.5) is 0 Å². The molecule has 1 heterocycles. The summed E-state index contributed by atoms with van der Waals surface area (Å²) in [5.41, 5.74) is 2.76. The lowest BCUT2D eigenvalue weighted by Crippen LogP contribution is -2.34. The minimum Gasteiger partial charge on any atom is -0.480 e. The topological polar surface area (TPSA) is 69.6 Å². The largest absolute Gasteiger partial charge is 0.480 e. The first-order chi connectivity index (χ1) is 8.59. The van der Waals surface area contributed by atoms with Crippen molar-refractivity contribution in [3.8, 4) is 0 Å². The normalized spacial score (nSPS) is 13.8. The van der Waals surface area contributed by atoms with E-state index >= 15 is 0 Å². The monoisotopic (exact) mass is 248 g/mol. The highest BCUT2D eigenvalue weighted by Crippen LogP contribution is 2.19. The van der Waals surface area contributed by atoms with Crippen LogP contribution in [0.1, 0.15) is 21.5 Å². The predicted octanol–water partition coefficient (Wildman–Crippen LogP) is 0.489. The molecule has 0 aliphatic carbocycles. The number of likely N-dealkylation sites (N-methyl/N-ethyl adjacent to an activating group) is 1. The van der Waals surface area contributed by atoms with Crippen molar-refractivity contribution < 1.29 is 14.7 Å². The van der Waals surface area contributed by atoms with E-state index in [1.54, 1.807) is 6.07 Å². The van der Waals surface area contributed by atoms with Crippen LogP contribution >= 0.6 is 0 Å². The van der Waals surface area contributed by atoms with Gasteiger partial charge in [-0.25, -0.2) is 0 Å². The van der Waals surface area contributed by atoms with Crippen molar-refractivity contribution in [2.24, 2.45) is 0 Å². The van der Waals surface area contributed by atoms with Gasteiger partial charge in [-0.2, -0.15) is 0 Å². The smallest absolute Gasteiger partial charge is 0.323 e. The maximum Gasteiger partial charge on any atom is 0.323 e. The second kappa shape index (κ2) is 5.18. The molecule has 0 fully saturated rings. The standard InChI is InChI=1S/C13H16N2O3/c1-15(8-12(16)17)13(18)10-4-2-3-9-5-6-14-7-11(9)10/h2-4,14H,5-8H2,1H3,(H,16,17). The molecule has 0 spiro atoms. The second-order valence-electron chi connectivity index (χ2n) is 4.42. The van der Waals surface area contributed by atoms with Crippen LogP contribution in [0, 0.1) is 0 Å². The number of carbonyl (C=O) groups excluding carboxylic acids is 1. The Morgan fingerprint density at radius 3 is 2.94 bits per heavy atom. The maximum atomic E-state index is 12.2. The number of aliphatic carboxylic acids is 1. The zero-order valence-electron chi connectivity index (χ0n) is 10.3. The van der Waals surface area contributed by atoms with Gasteiger partial charge in [0, 0.05) is 19.2 Å². The van der Waals surface area contributed by atoms with Crippen LogP contribution in [0.15, 0.2) is 18.2 Å². The maximum absolute atomic E-state index is 12.2. The summed E-state index contributed by atoms with van der Waals surface area (Å²) in [6.07, 6.45) is 0.902. The van der Waals surface area contributed by atoms with Gasteiger partial charge in [0.1, 0.15) is 6.54 Å². The number of rotatable bonds is 3. The Balaban J connectivity index is 2.27. The molecular formula is C13H16N2O3. The van der Waals surface area contributed by atoms with Gasteiger partial charge in [-0.3, -0.25) is 9.59 Å². The van der Waals surface area contributed by atoms with Gasteiger partial charge in [0.05, 0.1) is 0 Å². The summed E-state index contributed by atoms with van der Waals surface area (Å²) in [7, 11) is 1.51. The minimum atomic E-state index is -1.01. The van der Waals surface area contributed by atoms with E-state index in [-0.39, 0.29) is 12.5 Å². The fourth-order valence-corrected chi connectivity index (χ4v) is 2.19. The molecule has 0 unspecified atom stereocenters. The van der Waals surface area contributed by atoms with E-state index < -0.39 is 5.97 Å². The Bertz CT molecular complexity index is 485. The zero-order valence-corrected chi connectivity index (χ0v) is 10.3. The van der Waals surface area contributed by atoms with Crippen molar-refractivity contribution in [3.05, 3.63) is 34.9 Å². The fraction of sp³-hybridized carbons (Fsp3) is 0.385. The summed E-state index contributed by atoms with van der Waals surface area (Å²) < 4.78 is 0. The third kappa shape index (κ3) is 2.51. The van der Waals surface area contributed by atoms with Gasteiger partial charge in [-0.1, -0.05) is 12.1 Å². The zero-order chi connectivity index (χ0) is 13.1. The number of carboxylic acids is 1. The van der Waals surface area contributed by atoms with Gasteiger partial charge < -0.3 is 15.3 Å².